The van der Waals surface area contributed by atoms with Crippen LogP contribution in [-0.2, 0) is 0 Å². The first-order valence-corrected chi connectivity index (χ1v) is 8.26. The topological polar surface area (TPSA) is 18.5 Å². The first-order chi connectivity index (χ1) is 9.20. The Hall–Kier alpha value is -0.120. The Kier molecular flexibility index (Phi) is 6.11. The van der Waals surface area contributed by atoms with E-state index in [1.54, 1.807) is 0 Å². The minimum atomic E-state index is 0.709. The average Bonchev–Trinajstić information content (AvgIpc) is 2.46. The number of piperidine rings is 1. The van der Waals surface area contributed by atoms with E-state index in [9.17, 15) is 0 Å². The van der Waals surface area contributed by atoms with Crippen LogP contribution in [0.15, 0.2) is 0 Å². The number of hydrogen-bond donors (Lipinski definition) is 1. The average molecular weight is 267 g/mol. The van der Waals surface area contributed by atoms with Crippen molar-refractivity contribution < 1.29 is 0 Å². The van der Waals surface area contributed by atoms with Gasteiger partial charge in [-0.15, -0.1) is 0 Å². The molecule has 1 aliphatic heterocycles. The SMILES string of the molecule is CNC(CN1CCCC(N(C)C)C1)C1CCCCC1. The predicted molar refractivity (Wildman–Crippen MR) is 82.6 cm³/mol. The second kappa shape index (κ2) is 7.61. The molecule has 2 rings (SSSR count). The molecule has 0 aromatic heterocycles. The van der Waals surface area contributed by atoms with Gasteiger partial charge in [-0.3, -0.25) is 0 Å². The molecule has 1 N–H and O–H groups in total. The monoisotopic (exact) mass is 267 g/mol. The van der Waals surface area contributed by atoms with E-state index in [0.717, 1.165) is 12.0 Å². The summed E-state index contributed by atoms with van der Waals surface area (Å²) in [5.41, 5.74) is 0. The molecule has 0 amide bonds. The highest BCUT2D eigenvalue weighted by Crippen LogP contribution is 2.27. The van der Waals surface area contributed by atoms with Gasteiger partial charge in [-0.1, -0.05) is 19.3 Å². The van der Waals surface area contributed by atoms with Crippen LogP contribution in [0.3, 0.4) is 0 Å². The fourth-order valence-corrected chi connectivity index (χ4v) is 3.91. The molecule has 0 bridgehead atoms. The predicted octanol–water partition coefficient (Wildman–Crippen LogP) is 2.18. The summed E-state index contributed by atoms with van der Waals surface area (Å²) in [6, 6.07) is 1.47. The van der Waals surface area contributed by atoms with E-state index in [4.69, 9.17) is 0 Å². The van der Waals surface area contributed by atoms with Crippen LogP contribution in [-0.4, -0.2) is 62.7 Å². The van der Waals surface area contributed by atoms with E-state index in [0.29, 0.717) is 6.04 Å². The number of rotatable bonds is 5. The lowest BCUT2D eigenvalue weighted by molar-refractivity contribution is 0.110. The Morgan fingerprint density at radius 3 is 2.47 bits per heavy atom. The molecule has 1 saturated carbocycles. The van der Waals surface area contributed by atoms with Crippen molar-refractivity contribution in [1.82, 2.24) is 15.1 Å². The first-order valence-electron chi connectivity index (χ1n) is 8.26. The first kappa shape index (κ1) is 15.3. The Balaban J connectivity index is 1.83. The summed E-state index contributed by atoms with van der Waals surface area (Å²) in [4.78, 5) is 5.10. The van der Waals surface area contributed by atoms with Gasteiger partial charge in [0.15, 0.2) is 0 Å². The van der Waals surface area contributed by atoms with E-state index in [1.165, 1.54) is 64.6 Å². The molecule has 2 unspecified atom stereocenters. The minimum absolute atomic E-state index is 0.709. The van der Waals surface area contributed by atoms with E-state index in [1.807, 2.05) is 0 Å². The van der Waals surface area contributed by atoms with Gasteiger partial charge in [0, 0.05) is 25.2 Å². The van der Waals surface area contributed by atoms with Gasteiger partial charge in [-0.25, -0.2) is 0 Å². The zero-order valence-electron chi connectivity index (χ0n) is 13.2. The van der Waals surface area contributed by atoms with Crippen molar-refractivity contribution in [2.75, 3.05) is 40.8 Å². The second-order valence-electron chi connectivity index (χ2n) is 6.81. The third kappa shape index (κ3) is 4.44. The van der Waals surface area contributed by atoms with Crippen LogP contribution in [0.1, 0.15) is 44.9 Å². The Labute approximate surface area is 119 Å². The lowest BCUT2D eigenvalue weighted by Gasteiger charge is -2.40. The van der Waals surface area contributed by atoms with Crippen molar-refractivity contribution in [3.05, 3.63) is 0 Å². The molecule has 3 heteroatoms. The van der Waals surface area contributed by atoms with Crippen LogP contribution in [0.5, 0.6) is 0 Å². The van der Waals surface area contributed by atoms with Gasteiger partial charge >= 0.3 is 0 Å². The molecule has 0 aromatic carbocycles. The minimum Gasteiger partial charge on any atom is -0.315 e. The van der Waals surface area contributed by atoms with Crippen LogP contribution in [0.2, 0.25) is 0 Å². The van der Waals surface area contributed by atoms with Crippen molar-refractivity contribution in [1.29, 1.82) is 0 Å². The van der Waals surface area contributed by atoms with Gasteiger partial charge in [0.1, 0.15) is 0 Å². The molecule has 1 aliphatic carbocycles. The summed E-state index contributed by atoms with van der Waals surface area (Å²) in [5.74, 6) is 0.915. The normalized spacial score (nSPS) is 28.7. The molecule has 2 aliphatic rings. The largest absolute Gasteiger partial charge is 0.315 e. The molecule has 3 nitrogen and oxygen atoms in total. The number of likely N-dealkylation sites (tertiary alicyclic amines) is 1. The summed E-state index contributed by atoms with van der Waals surface area (Å²) in [5, 5.41) is 3.61. The maximum absolute atomic E-state index is 3.61. The highest BCUT2D eigenvalue weighted by atomic mass is 15.2. The molecule has 2 fully saturated rings. The van der Waals surface area contributed by atoms with Crippen LogP contribution >= 0.6 is 0 Å². The van der Waals surface area contributed by atoms with E-state index in [2.05, 4.69) is 36.3 Å². The maximum Gasteiger partial charge on any atom is 0.0220 e. The summed E-state index contributed by atoms with van der Waals surface area (Å²) >= 11 is 0. The van der Waals surface area contributed by atoms with Gasteiger partial charge < -0.3 is 15.1 Å². The fourth-order valence-electron chi connectivity index (χ4n) is 3.91. The summed E-state index contributed by atoms with van der Waals surface area (Å²) in [6.45, 7) is 3.82. The van der Waals surface area contributed by atoms with Gasteiger partial charge in [0.05, 0.1) is 0 Å². The van der Waals surface area contributed by atoms with Crippen LogP contribution in [0.4, 0.5) is 0 Å². The molecule has 0 spiro atoms. The Morgan fingerprint density at radius 1 is 1.11 bits per heavy atom. The van der Waals surface area contributed by atoms with Crippen LogP contribution < -0.4 is 5.32 Å². The van der Waals surface area contributed by atoms with Gasteiger partial charge in [-0.2, -0.15) is 0 Å². The molecular weight excluding hydrogens is 234 g/mol. The van der Waals surface area contributed by atoms with Crippen molar-refractivity contribution in [3.8, 4) is 0 Å². The highest BCUT2D eigenvalue weighted by Gasteiger charge is 2.27. The third-order valence-corrected chi connectivity index (χ3v) is 5.26. The standard InChI is InChI=1S/C16H33N3/c1-17-16(14-8-5-4-6-9-14)13-19-11-7-10-15(12-19)18(2)3/h14-17H,4-13H2,1-3H3. The van der Waals surface area contributed by atoms with E-state index in [-0.39, 0.29) is 0 Å². The zero-order chi connectivity index (χ0) is 13.7. The lowest BCUT2D eigenvalue weighted by Crippen LogP contribution is -2.51. The van der Waals surface area contributed by atoms with Crippen molar-refractivity contribution in [2.45, 2.75) is 57.0 Å². The van der Waals surface area contributed by atoms with E-state index < -0.39 is 0 Å². The summed E-state index contributed by atoms with van der Waals surface area (Å²) < 4.78 is 0. The summed E-state index contributed by atoms with van der Waals surface area (Å²) in [6.07, 6.45) is 9.97. The van der Waals surface area contributed by atoms with Crippen molar-refractivity contribution in [2.24, 2.45) is 5.92 Å². The Morgan fingerprint density at radius 2 is 1.84 bits per heavy atom. The molecule has 1 saturated heterocycles. The molecule has 2 atom stereocenters. The molecule has 0 radical (unpaired) electrons. The number of likely N-dealkylation sites (N-methyl/N-ethyl adjacent to an activating group) is 2. The van der Waals surface area contributed by atoms with E-state index >= 15 is 0 Å². The molecular formula is C16H33N3. The smallest absolute Gasteiger partial charge is 0.0220 e. The van der Waals surface area contributed by atoms with Crippen LogP contribution in [0, 0.1) is 5.92 Å². The third-order valence-electron chi connectivity index (χ3n) is 5.26. The molecule has 0 aromatic rings. The van der Waals surface area contributed by atoms with Gasteiger partial charge in [0.2, 0.25) is 0 Å². The number of hydrogen-bond acceptors (Lipinski definition) is 3. The Bertz CT molecular complexity index is 248. The zero-order valence-corrected chi connectivity index (χ0v) is 13.2. The van der Waals surface area contributed by atoms with Crippen molar-refractivity contribution >= 4 is 0 Å². The molecule has 112 valence electrons. The molecule has 1 heterocycles. The number of nitrogens with zero attached hydrogens (tertiary/aromatic N) is 2. The van der Waals surface area contributed by atoms with Crippen LogP contribution in [0.25, 0.3) is 0 Å². The molecule has 19 heavy (non-hydrogen) atoms. The van der Waals surface area contributed by atoms with Crippen molar-refractivity contribution in [3.63, 3.8) is 0 Å². The van der Waals surface area contributed by atoms with Gasteiger partial charge in [0.25, 0.3) is 0 Å². The van der Waals surface area contributed by atoms with Gasteiger partial charge in [-0.05, 0) is 59.3 Å². The maximum atomic E-state index is 3.61. The highest BCUT2D eigenvalue weighted by molar-refractivity contribution is 4.85. The quantitative estimate of drug-likeness (QED) is 0.824. The lowest BCUT2D eigenvalue weighted by atomic mass is 9.83. The fraction of sp³-hybridized carbons (Fsp3) is 1.00. The summed E-state index contributed by atoms with van der Waals surface area (Å²) in [7, 11) is 6.61. The number of nitrogens with one attached hydrogen (secondary N) is 1. The second-order valence-corrected chi connectivity index (χ2v) is 6.81.